The number of hydrogen-bond donors (Lipinski definition) is 4. The van der Waals surface area contributed by atoms with Gasteiger partial charge in [-0.1, -0.05) is 23.2 Å². The van der Waals surface area contributed by atoms with Gasteiger partial charge >= 0.3 is 0 Å². The van der Waals surface area contributed by atoms with Crippen LogP contribution in [-0.2, 0) is 21.1 Å². The maximum Gasteiger partial charge on any atom is 0.264 e. The summed E-state index contributed by atoms with van der Waals surface area (Å²) in [5.41, 5.74) is 3.03. The van der Waals surface area contributed by atoms with Gasteiger partial charge in [0.15, 0.2) is 9.84 Å². The predicted octanol–water partition coefficient (Wildman–Crippen LogP) is 0.341. The van der Waals surface area contributed by atoms with Gasteiger partial charge in [-0.3, -0.25) is 10.0 Å². The monoisotopic (exact) mass is 422 g/mol. The smallest absolute Gasteiger partial charge is 0.264 e. The van der Waals surface area contributed by atoms with Crippen LogP contribution in [0.1, 0.15) is 42.0 Å². The zero-order valence-corrected chi connectivity index (χ0v) is 16.7. The highest BCUT2D eigenvalue weighted by Gasteiger charge is 2.43. The summed E-state index contributed by atoms with van der Waals surface area (Å²) in [4.78, 5) is 11.8. The third-order valence-corrected chi connectivity index (χ3v) is 6.64. The molecular formula is C19H22N2O7S. The van der Waals surface area contributed by atoms with Crippen LogP contribution in [0.3, 0.4) is 0 Å². The van der Waals surface area contributed by atoms with E-state index in [-0.39, 0.29) is 25.2 Å². The van der Waals surface area contributed by atoms with Crippen molar-refractivity contribution >= 4 is 15.7 Å². The molecule has 9 nitrogen and oxygen atoms in total. The Labute approximate surface area is 168 Å². The van der Waals surface area contributed by atoms with Crippen LogP contribution >= 0.6 is 0 Å². The van der Waals surface area contributed by atoms with Gasteiger partial charge in [0.25, 0.3) is 5.91 Å². The van der Waals surface area contributed by atoms with E-state index in [2.05, 4.69) is 17.0 Å². The van der Waals surface area contributed by atoms with Crippen molar-refractivity contribution in [2.45, 2.75) is 30.6 Å². The Balaban J connectivity index is 2.08. The minimum Gasteiger partial charge on any atom is -0.393 e. The molecule has 0 aliphatic rings. The number of nitrogens with zero attached hydrogens (tertiary/aromatic N) is 1. The van der Waals surface area contributed by atoms with Crippen molar-refractivity contribution in [2.75, 3.05) is 12.9 Å². The van der Waals surface area contributed by atoms with Crippen molar-refractivity contribution in [3.63, 3.8) is 0 Å². The first-order valence-corrected chi connectivity index (χ1v) is 10.5. The molecule has 1 amide bonds. The van der Waals surface area contributed by atoms with Gasteiger partial charge in [-0.15, -0.1) is 0 Å². The minimum absolute atomic E-state index is 0.105. The van der Waals surface area contributed by atoms with Crippen LogP contribution < -0.4 is 5.48 Å². The third kappa shape index (κ3) is 5.42. The van der Waals surface area contributed by atoms with E-state index < -0.39 is 26.6 Å². The van der Waals surface area contributed by atoms with E-state index in [0.29, 0.717) is 16.8 Å². The number of nitrogens with one attached hydrogen (secondary N) is 1. The number of hydroxylamine groups is 1. The van der Waals surface area contributed by atoms with Crippen LogP contribution in [0.2, 0.25) is 0 Å². The lowest BCUT2D eigenvalue weighted by molar-refractivity contribution is -0.131. The first kappa shape index (κ1) is 22.6. The molecule has 1 aromatic carbocycles. The molecule has 0 unspecified atom stereocenters. The van der Waals surface area contributed by atoms with Gasteiger partial charge in [-0.2, -0.15) is 0 Å². The largest absolute Gasteiger partial charge is 0.393 e. The van der Waals surface area contributed by atoms with Crippen LogP contribution in [0.15, 0.2) is 34.9 Å². The molecule has 156 valence electrons. The number of carbonyl (C=O) groups excluding carboxylic acids is 1. The summed E-state index contributed by atoms with van der Waals surface area (Å²) >= 11 is 0. The van der Waals surface area contributed by atoms with E-state index in [4.69, 9.17) is 14.8 Å². The Morgan fingerprint density at radius 2 is 1.97 bits per heavy atom. The highest BCUT2D eigenvalue weighted by molar-refractivity contribution is 7.92. The molecule has 4 N–H and O–H groups in total. The second-order valence-electron chi connectivity index (χ2n) is 6.70. The van der Waals surface area contributed by atoms with Crippen molar-refractivity contribution in [3.05, 3.63) is 52.9 Å². The molecule has 0 saturated carbocycles. The molecule has 2 aromatic rings. The van der Waals surface area contributed by atoms with Gasteiger partial charge < -0.3 is 14.7 Å². The Bertz CT molecular complexity index is 1020. The fraction of sp³-hybridized carbons (Fsp3) is 0.368. The van der Waals surface area contributed by atoms with Gasteiger partial charge in [0.2, 0.25) is 5.76 Å². The maximum absolute atomic E-state index is 12.0. The molecule has 0 bridgehead atoms. The van der Waals surface area contributed by atoms with E-state index in [0.717, 1.165) is 6.26 Å². The SMILES string of the molecule is C[C@@](CCc1cc(C#Cc2ccc([C@H](O)CO)cc2)on1)(C(=O)NO)S(C)(=O)=O. The summed E-state index contributed by atoms with van der Waals surface area (Å²) in [6, 6.07) is 8.20. The number of benzene rings is 1. The predicted molar refractivity (Wildman–Crippen MR) is 102 cm³/mol. The summed E-state index contributed by atoms with van der Waals surface area (Å²) in [5, 5.41) is 31.1. The van der Waals surface area contributed by atoms with E-state index >= 15 is 0 Å². The van der Waals surface area contributed by atoms with Gasteiger partial charge in [0, 0.05) is 17.9 Å². The van der Waals surface area contributed by atoms with Crippen LogP contribution in [0, 0.1) is 11.8 Å². The second-order valence-corrected chi connectivity index (χ2v) is 9.14. The molecule has 0 aliphatic carbocycles. The second kappa shape index (κ2) is 9.19. The maximum atomic E-state index is 12.0. The Kier molecular flexibility index (Phi) is 7.16. The molecule has 2 rings (SSSR count). The fourth-order valence-electron chi connectivity index (χ4n) is 2.47. The summed E-state index contributed by atoms with van der Waals surface area (Å²) in [6.07, 6.45) is -0.00558. The topological polar surface area (TPSA) is 150 Å². The van der Waals surface area contributed by atoms with Gasteiger partial charge in [-0.25, -0.2) is 13.9 Å². The highest BCUT2D eigenvalue weighted by atomic mass is 32.2. The van der Waals surface area contributed by atoms with Crippen molar-refractivity contribution in [3.8, 4) is 11.8 Å². The highest BCUT2D eigenvalue weighted by Crippen LogP contribution is 2.23. The standard InChI is InChI=1S/C19H22N2O7S/c1-19(18(24)20-25,29(2,26)27)10-9-15-11-16(28-21-15)8-5-13-3-6-14(7-4-13)17(23)12-22/h3-4,6-7,11,17,22-23,25H,9-10,12H2,1-2H3,(H,20,24)/t17-,19-/m1/s1. The molecule has 0 radical (unpaired) electrons. The van der Waals surface area contributed by atoms with Gasteiger partial charge in [0.1, 0.15) is 10.9 Å². The summed E-state index contributed by atoms with van der Waals surface area (Å²) < 4.78 is 27.2. The number of sulfone groups is 1. The van der Waals surface area contributed by atoms with Crippen molar-refractivity contribution in [2.24, 2.45) is 0 Å². The third-order valence-electron chi connectivity index (χ3n) is 4.62. The molecule has 29 heavy (non-hydrogen) atoms. The van der Waals surface area contributed by atoms with E-state index in [1.54, 1.807) is 24.3 Å². The number of aryl methyl sites for hydroxylation is 1. The van der Waals surface area contributed by atoms with E-state index in [9.17, 15) is 18.3 Å². The molecule has 0 fully saturated rings. The number of rotatable bonds is 7. The normalized spacial score (nSPS) is 14.4. The van der Waals surface area contributed by atoms with Crippen LogP contribution in [0.4, 0.5) is 0 Å². The van der Waals surface area contributed by atoms with Gasteiger partial charge in [0.05, 0.1) is 12.3 Å². The van der Waals surface area contributed by atoms with E-state index in [1.807, 2.05) is 0 Å². The van der Waals surface area contributed by atoms with Crippen LogP contribution in [0.25, 0.3) is 0 Å². The lowest BCUT2D eigenvalue weighted by Crippen LogP contribution is -2.49. The number of amides is 1. The van der Waals surface area contributed by atoms with Gasteiger partial charge in [-0.05, 0) is 43.4 Å². The molecule has 0 spiro atoms. The van der Waals surface area contributed by atoms with Crippen molar-refractivity contribution < 1.29 is 33.2 Å². The quantitative estimate of drug-likeness (QED) is 0.283. The zero-order valence-electron chi connectivity index (χ0n) is 15.9. The number of hydrogen-bond acceptors (Lipinski definition) is 8. The first-order chi connectivity index (χ1) is 13.6. The summed E-state index contributed by atoms with van der Waals surface area (Å²) in [6.45, 7) is 0.857. The molecule has 2 atom stereocenters. The lowest BCUT2D eigenvalue weighted by Gasteiger charge is -2.24. The minimum atomic E-state index is -3.79. The zero-order chi connectivity index (χ0) is 21.7. The van der Waals surface area contributed by atoms with Crippen LogP contribution in [0.5, 0.6) is 0 Å². The number of aromatic nitrogens is 1. The van der Waals surface area contributed by atoms with Crippen molar-refractivity contribution in [1.29, 1.82) is 0 Å². The summed E-state index contributed by atoms with van der Waals surface area (Å²) in [5.74, 6) is 4.88. The molecule has 1 aromatic heterocycles. The Hall–Kier alpha value is -2.71. The average molecular weight is 422 g/mol. The Morgan fingerprint density at radius 1 is 1.31 bits per heavy atom. The fourth-order valence-corrected chi connectivity index (χ4v) is 3.32. The molecule has 10 heteroatoms. The number of aliphatic hydroxyl groups excluding tert-OH is 2. The molecular weight excluding hydrogens is 400 g/mol. The molecule has 0 saturated heterocycles. The average Bonchev–Trinajstić information content (AvgIpc) is 3.16. The van der Waals surface area contributed by atoms with Crippen LogP contribution in [-0.4, -0.2) is 52.5 Å². The molecule has 0 aliphatic heterocycles. The Morgan fingerprint density at radius 3 is 2.52 bits per heavy atom. The summed E-state index contributed by atoms with van der Waals surface area (Å²) in [7, 11) is -3.79. The van der Waals surface area contributed by atoms with Crippen molar-refractivity contribution in [1.82, 2.24) is 10.6 Å². The number of aliphatic hydroxyl groups is 2. The molecule has 1 heterocycles. The number of carbonyl (C=O) groups is 1. The lowest BCUT2D eigenvalue weighted by atomic mass is 10.0. The first-order valence-electron chi connectivity index (χ1n) is 8.61. The van der Waals surface area contributed by atoms with E-state index in [1.165, 1.54) is 18.5 Å².